The summed E-state index contributed by atoms with van der Waals surface area (Å²) in [4.78, 5) is 10.2. The van der Waals surface area contributed by atoms with E-state index in [1.165, 1.54) is 44.6 Å². The van der Waals surface area contributed by atoms with E-state index in [0.29, 0.717) is 0 Å². The van der Waals surface area contributed by atoms with E-state index >= 15 is 0 Å². The van der Waals surface area contributed by atoms with Crippen LogP contribution < -0.4 is 0 Å². The third-order valence-electron chi connectivity index (χ3n) is 3.56. The standard InChI is InChI=1S/C17H32O3/c1-2-3-10-13-16(18)14-11-8-6-4-5-7-9-12-15-17(19)20/h12,15-16,18H,2-11,13-14H2,1H3,(H,19,20). The van der Waals surface area contributed by atoms with Crippen molar-refractivity contribution >= 4 is 5.97 Å². The van der Waals surface area contributed by atoms with Crippen LogP contribution in [0.15, 0.2) is 12.2 Å². The summed E-state index contributed by atoms with van der Waals surface area (Å²) in [7, 11) is 0. The molecule has 1 unspecified atom stereocenters. The highest BCUT2D eigenvalue weighted by Gasteiger charge is 2.02. The van der Waals surface area contributed by atoms with Crippen molar-refractivity contribution in [2.24, 2.45) is 0 Å². The molecule has 0 spiro atoms. The molecule has 1 atom stereocenters. The Kier molecular flexibility index (Phi) is 14.0. The fourth-order valence-electron chi connectivity index (χ4n) is 2.31. The van der Waals surface area contributed by atoms with Crippen molar-refractivity contribution in [3.8, 4) is 0 Å². The second-order valence-electron chi connectivity index (χ2n) is 5.59. The zero-order valence-corrected chi connectivity index (χ0v) is 13.0. The molecule has 0 aliphatic heterocycles. The molecule has 3 heteroatoms. The van der Waals surface area contributed by atoms with Gasteiger partial charge in [0.25, 0.3) is 0 Å². The third-order valence-corrected chi connectivity index (χ3v) is 3.56. The van der Waals surface area contributed by atoms with Crippen LogP contribution in [-0.4, -0.2) is 22.3 Å². The van der Waals surface area contributed by atoms with Crippen LogP contribution in [0.2, 0.25) is 0 Å². The number of hydrogen-bond donors (Lipinski definition) is 2. The molecule has 0 aromatic heterocycles. The smallest absolute Gasteiger partial charge is 0.327 e. The van der Waals surface area contributed by atoms with Crippen LogP contribution in [0.5, 0.6) is 0 Å². The van der Waals surface area contributed by atoms with Crippen molar-refractivity contribution in [3.63, 3.8) is 0 Å². The van der Waals surface area contributed by atoms with E-state index in [1.807, 2.05) is 0 Å². The zero-order valence-electron chi connectivity index (χ0n) is 13.0. The highest BCUT2D eigenvalue weighted by Crippen LogP contribution is 2.13. The van der Waals surface area contributed by atoms with Gasteiger partial charge in [-0.15, -0.1) is 0 Å². The van der Waals surface area contributed by atoms with Gasteiger partial charge in [-0.3, -0.25) is 0 Å². The van der Waals surface area contributed by atoms with Crippen LogP contribution in [0.4, 0.5) is 0 Å². The molecule has 0 aromatic carbocycles. The highest BCUT2D eigenvalue weighted by atomic mass is 16.4. The average molecular weight is 284 g/mol. The number of carbonyl (C=O) groups is 1. The van der Waals surface area contributed by atoms with E-state index in [1.54, 1.807) is 6.08 Å². The van der Waals surface area contributed by atoms with E-state index in [0.717, 1.165) is 38.5 Å². The number of carboxylic acid groups (broad SMARTS) is 1. The van der Waals surface area contributed by atoms with Gasteiger partial charge in [-0.05, 0) is 25.7 Å². The van der Waals surface area contributed by atoms with Crippen LogP contribution in [0, 0.1) is 0 Å². The number of aliphatic hydroxyl groups is 1. The monoisotopic (exact) mass is 284 g/mol. The van der Waals surface area contributed by atoms with Gasteiger partial charge in [0.1, 0.15) is 0 Å². The Hall–Kier alpha value is -0.830. The van der Waals surface area contributed by atoms with Crippen molar-refractivity contribution in [1.29, 1.82) is 0 Å². The minimum Gasteiger partial charge on any atom is -0.478 e. The number of unbranched alkanes of at least 4 members (excludes halogenated alkanes) is 8. The summed E-state index contributed by atoms with van der Waals surface area (Å²) in [6.45, 7) is 2.18. The quantitative estimate of drug-likeness (QED) is 0.359. The van der Waals surface area contributed by atoms with Crippen LogP contribution >= 0.6 is 0 Å². The van der Waals surface area contributed by atoms with Gasteiger partial charge in [0.15, 0.2) is 0 Å². The van der Waals surface area contributed by atoms with Crippen LogP contribution in [-0.2, 0) is 4.79 Å². The molecule has 0 heterocycles. The lowest BCUT2D eigenvalue weighted by atomic mass is 10.0. The van der Waals surface area contributed by atoms with E-state index < -0.39 is 5.97 Å². The molecule has 3 nitrogen and oxygen atoms in total. The average Bonchev–Trinajstić information content (AvgIpc) is 2.41. The molecule has 20 heavy (non-hydrogen) atoms. The Morgan fingerprint density at radius 3 is 2.10 bits per heavy atom. The first-order valence-electron chi connectivity index (χ1n) is 8.24. The summed E-state index contributed by atoms with van der Waals surface area (Å²) < 4.78 is 0. The third kappa shape index (κ3) is 15.2. The van der Waals surface area contributed by atoms with Gasteiger partial charge in [-0.25, -0.2) is 4.79 Å². The van der Waals surface area contributed by atoms with Gasteiger partial charge in [-0.1, -0.05) is 64.4 Å². The normalized spacial score (nSPS) is 12.9. The van der Waals surface area contributed by atoms with Gasteiger partial charge in [0.2, 0.25) is 0 Å². The number of rotatable bonds is 14. The summed E-state index contributed by atoms with van der Waals surface area (Å²) in [5, 5.41) is 18.2. The lowest BCUT2D eigenvalue weighted by Gasteiger charge is -2.09. The molecule has 0 rings (SSSR count). The fraction of sp³-hybridized carbons (Fsp3) is 0.824. The van der Waals surface area contributed by atoms with Crippen molar-refractivity contribution < 1.29 is 15.0 Å². The van der Waals surface area contributed by atoms with Crippen molar-refractivity contribution in [2.45, 2.75) is 90.1 Å². The van der Waals surface area contributed by atoms with Crippen LogP contribution in [0.1, 0.15) is 84.0 Å². The van der Waals surface area contributed by atoms with Crippen LogP contribution in [0.25, 0.3) is 0 Å². The molecular weight excluding hydrogens is 252 g/mol. The Morgan fingerprint density at radius 2 is 1.50 bits per heavy atom. The lowest BCUT2D eigenvalue weighted by Crippen LogP contribution is -2.05. The number of hydrogen-bond acceptors (Lipinski definition) is 2. The second kappa shape index (κ2) is 14.6. The predicted octanol–water partition coefficient (Wildman–Crippen LogP) is 4.69. The van der Waals surface area contributed by atoms with Crippen molar-refractivity contribution in [1.82, 2.24) is 0 Å². The Morgan fingerprint density at radius 1 is 0.950 bits per heavy atom. The summed E-state index contributed by atoms with van der Waals surface area (Å²) in [6, 6.07) is 0. The van der Waals surface area contributed by atoms with E-state index in [2.05, 4.69) is 6.92 Å². The molecular formula is C17H32O3. The van der Waals surface area contributed by atoms with E-state index in [-0.39, 0.29) is 6.10 Å². The Labute approximate surface area is 124 Å². The molecule has 0 bridgehead atoms. The fourth-order valence-corrected chi connectivity index (χ4v) is 2.31. The van der Waals surface area contributed by atoms with E-state index in [4.69, 9.17) is 5.11 Å². The highest BCUT2D eigenvalue weighted by molar-refractivity contribution is 5.79. The minimum atomic E-state index is -0.859. The molecule has 0 aliphatic rings. The first-order valence-corrected chi connectivity index (χ1v) is 8.24. The number of aliphatic carboxylic acids is 1. The molecule has 118 valence electrons. The summed E-state index contributed by atoms with van der Waals surface area (Å²) >= 11 is 0. The molecule has 0 amide bonds. The maximum absolute atomic E-state index is 10.2. The van der Waals surface area contributed by atoms with Crippen molar-refractivity contribution in [3.05, 3.63) is 12.2 Å². The van der Waals surface area contributed by atoms with Gasteiger partial charge in [0, 0.05) is 6.08 Å². The maximum atomic E-state index is 10.2. The zero-order chi connectivity index (χ0) is 15.1. The minimum absolute atomic E-state index is 0.0947. The van der Waals surface area contributed by atoms with Gasteiger partial charge >= 0.3 is 5.97 Å². The first-order chi connectivity index (χ1) is 9.66. The van der Waals surface area contributed by atoms with Gasteiger partial charge in [0.05, 0.1) is 6.10 Å². The number of allylic oxidation sites excluding steroid dienone is 1. The molecule has 0 radical (unpaired) electrons. The first kappa shape index (κ1) is 19.2. The molecule has 0 fully saturated rings. The van der Waals surface area contributed by atoms with Crippen molar-refractivity contribution in [2.75, 3.05) is 0 Å². The summed E-state index contributed by atoms with van der Waals surface area (Å²) in [6.07, 6.45) is 16.3. The molecule has 0 aromatic rings. The lowest BCUT2D eigenvalue weighted by molar-refractivity contribution is -0.131. The molecule has 2 N–H and O–H groups in total. The van der Waals surface area contributed by atoms with E-state index in [9.17, 15) is 9.90 Å². The predicted molar refractivity (Wildman–Crippen MR) is 83.9 cm³/mol. The number of aliphatic hydroxyl groups excluding tert-OH is 1. The second-order valence-corrected chi connectivity index (χ2v) is 5.59. The summed E-state index contributed by atoms with van der Waals surface area (Å²) in [5.74, 6) is -0.859. The van der Waals surface area contributed by atoms with Gasteiger partial charge in [-0.2, -0.15) is 0 Å². The molecule has 0 saturated heterocycles. The molecule has 0 saturated carbocycles. The number of carboxylic acids is 1. The molecule has 0 aliphatic carbocycles. The maximum Gasteiger partial charge on any atom is 0.327 e. The SMILES string of the molecule is CCCCCC(O)CCCCCCCCC=CC(=O)O. The van der Waals surface area contributed by atoms with Crippen LogP contribution in [0.3, 0.4) is 0 Å². The Balaban J connectivity index is 3.18. The Bertz CT molecular complexity index is 249. The summed E-state index contributed by atoms with van der Waals surface area (Å²) in [5.41, 5.74) is 0. The van der Waals surface area contributed by atoms with Gasteiger partial charge < -0.3 is 10.2 Å². The largest absolute Gasteiger partial charge is 0.478 e. The topological polar surface area (TPSA) is 57.5 Å².